The molecular weight excluding hydrogens is 168 g/mol. The maximum Gasteiger partial charge on any atom is 0.176 e. The first-order chi connectivity index (χ1) is 6.36. The van der Waals surface area contributed by atoms with Gasteiger partial charge in [0.1, 0.15) is 0 Å². The van der Waals surface area contributed by atoms with Gasteiger partial charge in [0.15, 0.2) is 11.3 Å². The molecule has 0 saturated heterocycles. The zero-order valence-corrected chi connectivity index (χ0v) is 7.28. The Hall–Kier alpha value is -1.48. The predicted molar refractivity (Wildman–Crippen MR) is 48.7 cm³/mol. The fraction of sp³-hybridized carbons (Fsp3) is 0.200. The molecule has 3 heteroatoms. The minimum absolute atomic E-state index is 0.0137. The van der Waals surface area contributed by atoms with Gasteiger partial charge in [0, 0.05) is 10.9 Å². The van der Waals surface area contributed by atoms with Crippen molar-refractivity contribution in [3.8, 4) is 5.75 Å². The second-order valence-electron chi connectivity index (χ2n) is 2.76. The molecule has 2 rings (SSSR count). The number of para-hydroxylation sites is 1. The fourth-order valence-electron chi connectivity index (χ4n) is 1.37. The molecule has 0 amide bonds. The van der Waals surface area contributed by atoms with Gasteiger partial charge in [-0.15, -0.1) is 0 Å². The first-order valence-electron chi connectivity index (χ1n) is 4.00. The van der Waals surface area contributed by atoms with Gasteiger partial charge in [0.05, 0.1) is 20.0 Å². The molecule has 1 N–H and O–H groups in total. The average Bonchev–Trinajstić information content (AvgIpc) is 2.60. The number of benzene rings is 1. The third-order valence-electron chi connectivity index (χ3n) is 2.03. The highest BCUT2D eigenvalue weighted by atomic mass is 16.5. The van der Waals surface area contributed by atoms with Gasteiger partial charge < -0.3 is 14.3 Å². The number of rotatable bonds is 2. The number of aliphatic hydroxyl groups is 1. The van der Waals surface area contributed by atoms with Gasteiger partial charge in [-0.05, 0) is 6.07 Å². The highest BCUT2D eigenvalue weighted by Gasteiger charge is 2.08. The molecule has 0 radical (unpaired) electrons. The van der Waals surface area contributed by atoms with Gasteiger partial charge in [-0.3, -0.25) is 0 Å². The minimum Gasteiger partial charge on any atom is -0.493 e. The zero-order valence-electron chi connectivity index (χ0n) is 7.28. The molecule has 1 heterocycles. The lowest BCUT2D eigenvalue weighted by atomic mass is 10.2. The van der Waals surface area contributed by atoms with Crippen LogP contribution in [0.25, 0.3) is 11.0 Å². The molecule has 3 nitrogen and oxygen atoms in total. The van der Waals surface area contributed by atoms with E-state index in [1.54, 1.807) is 13.4 Å². The molecular formula is C10H10O3. The van der Waals surface area contributed by atoms with E-state index in [1.807, 2.05) is 18.2 Å². The maximum absolute atomic E-state index is 8.99. The fourth-order valence-corrected chi connectivity index (χ4v) is 1.37. The number of methoxy groups -OCH3 is 1. The second-order valence-corrected chi connectivity index (χ2v) is 2.76. The molecule has 68 valence electrons. The van der Waals surface area contributed by atoms with Crippen molar-refractivity contribution in [3.63, 3.8) is 0 Å². The first-order valence-corrected chi connectivity index (χ1v) is 4.00. The van der Waals surface area contributed by atoms with Crippen LogP contribution in [-0.4, -0.2) is 12.2 Å². The Kier molecular flexibility index (Phi) is 1.94. The van der Waals surface area contributed by atoms with Gasteiger partial charge in [-0.2, -0.15) is 0 Å². The van der Waals surface area contributed by atoms with E-state index in [2.05, 4.69) is 0 Å². The molecule has 2 aromatic rings. The van der Waals surface area contributed by atoms with E-state index < -0.39 is 0 Å². The minimum atomic E-state index is -0.0137. The smallest absolute Gasteiger partial charge is 0.176 e. The summed E-state index contributed by atoms with van der Waals surface area (Å²) in [6.45, 7) is -0.0137. The Labute approximate surface area is 75.5 Å². The van der Waals surface area contributed by atoms with E-state index in [1.165, 1.54) is 0 Å². The normalized spacial score (nSPS) is 10.6. The van der Waals surface area contributed by atoms with Crippen LogP contribution < -0.4 is 4.74 Å². The van der Waals surface area contributed by atoms with Crippen LogP contribution in [0.3, 0.4) is 0 Å². The summed E-state index contributed by atoms with van der Waals surface area (Å²) in [6, 6.07) is 5.59. The van der Waals surface area contributed by atoms with E-state index in [4.69, 9.17) is 14.3 Å². The Morgan fingerprint density at radius 3 is 3.00 bits per heavy atom. The van der Waals surface area contributed by atoms with Crippen LogP contribution in [0.15, 0.2) is 28.9 Å². The molecule has 0 saturated carbocycles. The Morgan fingerprint density at radius 1 is 1.46 bits per heavy atom. The second kappa shape index (κ2) is 3.11. The molecule has 0 aliphatic heterocycles. The highest BCUT2D eigenvalue weighted by Crippen LogP contribution is 2.29. The standard InChI is InChI=1S/C10H10O3/c1-12-9-4-2-3-8-7(5-11)6-13-10(8)9/h2-4,6,11H,5H2,1H3. The van der Waals surface area contributed by atoms with E-state index >= 15 is 0 Å². The van der Waals surface area contributed by atoms with E-state index in [0.29, 0.717) is 11.3 Å². The van der Waals surface area contributed by atoms with Crippen LogP contribution >= 0.6 is 0 Å². The van der Waals surface area contributed by atoms with Crippen LogP contribution in [0.4, 0.5) is 0 Å². The molecule has 1 aromatic carbocycles. The quantitative estimate of drug-likeness (QED) is 0.764. The summed E-state index contributed by atoms with van der Waals surface area (Å²) in [4.78, 5) is 0. The molecule has 0 aliphatic rings. The van der Waals surface area contributed by atoms with Gasteiger partial charge in [-0.25, -0.2) is 0 Å². The third-order valence-corrected chi connectivity index (χ3v) is 2.03. The number of ether oxygens (including phenoxy) is 1. The maximum atomic E-state index is 8.99. The Morgan fingerprint density at radius 2 is 2.31 bits per heavy atom. The van der Waals surface area contributed by atoms with Crippen LogP contribution in [0, 0.1) is 0 Å². The summed E-state index contributed by atoms with van der Waals surface area (Å²) in [5.41, 5.74) is 1.47. The van der Waals surface area contributed by atoms with Crippen molar-refractivity contribution in [2.24, 2.45) is 0 Å². The Balaban J connectivity index is 2.72. The number of fused-ring (bicyclic) bond motifs is 1. The number of hydrogen-bond donors (Lipinski definition) is 1. The molecule has 0 bridgehead atoms. The largest absolute Gasteiger partial charge is 0.493 e. The van der Waals surface area contributed by atoms with Crippen molar-refractivity contribution in [1.29, 1.82) is 0 Å². The molecule has 0 fully saturated rings. The SMILES string of the molecule is COc1cccc2c(CO)coc12. The zero-order chi connectivity index (χ0) is 9.26. The van der Waals surface area contributed by atoms with Gasteiger partial charge in [-0.1, -0.05) is 12.1 Å². The summed E-state index contributed by atoms with van der Waals surface area (Å²) in [5, 5.41) is 9.89. The summed E-state index contributed by atoms with van der Waals surface area (Å²) >= 11 is 0. The van der Waals surface area contributed by atoms with Crippen molar-refractivity contribution in [2.75, 3.05) is 7.11 Å². The van der Waals surface area contributed by atoms with E-state index in [9.17, 15) is 0 Å². The summed E-state index contributed by atoms with van der Waals surface area (Å²) in [5.74, 6) is 0.692. The molecule has 0 atom stereocenters. The summed E-state index contributed by atoms with van der Waals surface area (Å²) in [7, 11) is 1.59. The molecule has 0 unspecified atom stereocenters. The molecule has 0 spiro atoms. The van der Waals surface area contributed by atoms with Crippen LogP contribution in [0.5, 0.6) is 5.75 Å². The first kappa shape index (κ1) is 8.13. The van der Waals surface area contributed by atoms with Crippen molar-refractivity contribution in [3.05, 3.63) is 30.0 Å². The van der Waals surface area contributed by atoms with Crippen LogP contribution in [-0.2, 0) is 6.61 Å². The van der Waals surface area contributed by atoms with Gasteiger partial charge in [0.25, 0.3) is 0 Å². The monoisotopic (exact) mass is 178 g/mol. The van der Waals surface area contributed by atoms with Crippen molar-refractivity contribution < 1.29 is 14.3 Å². The summed E-state index contributed by atoms with van der Waals surface area (Å²) in [6.07, 6.45) is 1.55. The van der Waals surface area contributed by atoms with E-state index in [0.717, 1.165) is 10.9 Å². The lowest BCUT2D eigenvalue weighted by molar-refractivity contribution is 0.281. The van der Waals surface area contributed by atoms with Gasteiger partial charge >= 0.3 is 0 Å². The predicted octanol–water partition coefficient (Wildman–Crippen LogP) is 1.93. The topological polar surface area (TPSA) is 42.6 Å². The van der Waals surface area contributed by atoms with Crippen LogP contribution in [0.2, 0.25) is 0 Å². The number of furan rings is 1. The molecule has 1 aromatic heterocycles. The van der Waals surface area contributed by atoms with Crippen molar-refractivity contribution >= 4 is 11.0 Å². The van der Waals surface area contributed by atoms with Gasteiger partial charge in [0.2, 0.25) is 0 Å². The number of hydrogen-bond acceptors (Lipinski definition) is 3. The van der Waals surface area contributed by atoms with Crippen molar-refractivity contribution in [1.82, 2.24) is 0 Å². The molecule has 13 heavy (non-hydrogen) atoms. The summed E-state index contributed by atoms with van der Waals surface area (Å²) < 4.78 is 10.4. The lowest BCUT2D eigenvalue weighted by Gasteiger charge is -1.98. The van der Waals surface area contributed by atoms with Crippen molar-refractivity contribution in [2.45, 2.75) is 6.61 Å². The van der Waals surface area contributed by atoms with Crippen LogP contribution in [0.1, 0.15) is 5.56 Å². The van der Waals surface area contributed by atoms with E-state index in [-0.39, 0.29) is 6.61 Å². The molecule has 0 aliphatic carbocycles. The highest BCUT2D eigenvalue weighted by molar-refractivity contribution is 5.86. The number of aliphatic hydroxyl groups excluding tert-OH is 1. The lowest BCUT2D eigenvalue weighted by Crippen LogP contribution is -1.83. The third kappa shape index (κ3) is 1.17. The average molecular weight is 178 g/mol. The Bertz CT molecular complexity index is 417.